The van der Waals surface area contributed by atoms with Gasteiger partial charge in [-0.05, 0) is 17.7 Å². The van der Waals surface area contributed by atoms with Crippen LogP contribution in [0.15, 0.2) is 58.5 Å². The average Bonchev–Trinajstić information content (AvgIpc) is 2.96. The van der Waals surface area contributed by atoms with E-state index in [1.54, 1.807) is 30.5 Å². The predicted octanol–water partition coefficient (Wildman–Crippen LogP) is 2.81. The SMILES string of the molecule is [C-]#[N+]c1ccc(-c2c[nH]n(-c3ccc(S(C)(=N)=O)cn3)c2=O)cc1. The molecule has 7 nitrogen and oxygen atoms in total. The maximum absolute atomic E-state index is 12.5. The number of aromatic nitrogens is 3. The summed E-state index contributed by atoms with van der Waals surface area (Å²) >= 11 is 0. The lowest BCUT2D eigenvalue weighted by molar-refractivity contribution is 0.678. The van der Waals surface area contributed by atoms with E-state index in [0.717, 1.165) is 0 Å². The van der Waals surface area contributed by atoms with Gasteiger partial charge in [-0.2, -0.15) is 0 Å². The number of aromatic amines is 1. The lowest BCUT2D eigenvalue weighted by Crippen LogP contribution is -2.17. The summed E-state index contributed by atoms with van der Waals surface area (Å²) in [6, 6.07) is 9.79. The van der Waals surface area contributed by atoms with Crippen LogP contribution >= 0.6 is 0 Å². The zero-order valence-electron chi connectivity index (χ0n) is 12.7. The zero-order valence-corrected chi connectivity index (χ0v) is 13.5. The van der Waals surface area contributed by atoms with Crippen LogP contribution in [0, 0.1) is 11.4 Å². The second-order valence-corrected chi connectivity index (χ2v) is 7.34. The molecule has 0 saturated heterocycles. The lowest BCUT2D eigenvalue weighted by atomic mass is 10.1. The van der Waals surface area contributed by atoms with E-state index in [2.05, 4.69) is 14.9 Å². The van der Waals surface area contributed by atoms with Gasteiger partial charge in [-0.3, -0.25) is 9.89 Å². The van der Waals surface area contributed by atoms with Gasteiger partial charge in [0.25, 0.3) is 5.56 Å². The molecule has 0 fully saturated rings. The summed E-state index contributed by atoms with van der Waals surface area (Å²) in [4.78, 5) is 20.3. The summed E-state index contributed by atoms with van der Waals surface area (Å²) in [5, 5.41) is 2.84. The van der Waals surface area contributed by atoms with Gasteiger partial charge in [0.2, 0.25) is 0 Å². The van der Waals surface area contributed by atoms with Crippen LogP contribution in [0.5, 0.6) is 0 Å². The van der Waals surface area contributed by atoms with Crippen LogP contribution in [0.2, 0.25) is 0 Å². The van der Waals surface area contributed by atoms with Crippen molar-refractivity contribution < 1.29 is 4.21 Å². The van der Waals surface area contributed by atoms with Crippen molar-refractivity contribution in [3.8, 4) is 16.9 Å². The van der Waals surface area contributed by atoms with Gasteiger partial charge in [-0.1, -0.05) is 24.3 Å². The Bertz CT molecular complexity index is 1090. The molecule has 24 heavy (non-hydrogen) atoms. The minimum atomic E-state index is -2.84. The minimum absolute atomic E-state index is 0.283. The molecule has 3 aromatic rings. The second kappa shape index (κ2) is 5.79. The van der Waals surface area contributed by atoms with Gasteiger partial charge < -0.3 is 0 Å². The quantitative estimate of drug-likeness (QED) is 0.718. The highest BCUT2D eigenvalue weighted by Crippen LogP contribution is 2.20. The molecule has 0 aliphatic heterocycles. The highest BCUT2D eigenvalue weighted by molar-refractivity contribution is 7.91. The molecule has 0 aliphatic carbocycles. The van der Waals surface area contributed by atoms with Crippen molar-refractivity contribution in [2.75, 3.05) is 6.26 Å². The molecule has 8 heteroatoms. The van der Waals surface area contributed by atoms with Gasteiger partial charge >= 0.3 is 0 Å². The summed E-state index contributed by atoms with van der Waals surface area (Å²) in [5.41, 5.74) is 1.37. The fraction of sp³-hybridized carbons (Fsp3) is 0.0625. The van der Waals surface area contributed by atoms with E-state index >= 15 is 0 Å². The summed E-state index contributed by atoms with van der Waals surface area (Å²) in [5.74, 6) is 0.344. The number of benzene rings is 1. The van der Waals surface area contributed by atoms with Crippen molar-refractivity contribution >= 4 is 15.4 Å². The Labute approximate surface area is 138 Å². The third kappa shape index (κ3) is 2.85. The molecular weight excluding hydrogens is 326 g/mol. The first kappa shape index (κ1) is 15.7. The van der Waals surface area contributed by atoms with Crippen molar-refractivity contribution in [2.24, 2.45) is 0 Å². The number of rotatable bonds is 3. The number of nitrogens with one attached hydrogen (secondary N) is 2. The number of hydrogen-bond acceptors (Lipinski definition) is 4. The molecule has 0 saturated carbocycles. The Morgan fingerprint density at radius 3 is 2.50 bits per heavy atom. The van der Waals surface area contributed by atoms with E-state index in [0.29, 0.717) is 27.5 Å². The molecule has 0 aliphatic rings. The molecule has 1 unspecified atom stereocenters. The average molecular weight is 339 g/mol. The van der Waals surface area contributed by atoms with Crippen molar-refractivity contribution in [3.63, 3.8) is 0 Å². The maximum atomic E-state index is 12.5. The molecule has 120 valence electrons. The Balaban J connectivity index is 2.01. The first-order valence-corrected chi connectivity index (χ1v) is 8.85. The Morgan fingerprint density at radius 2 is 1.96 bits per heavy atom. The Hall–Kier alpha value is -3.18. The van der Waals surface area contributed by atoms with E-state index < -0.39 is 9.73 Å². The van der Waals surface area contributed by atoms with Gasteiger partial charge in [0.1, 0.15) is 0 Å². The molecular formula is C16H13N5O2S. The summed E-state index contributed by atoms with van der Waals surface area (Å²) in [6.45, 7) is 6.95. The molecule has 0 spiro atoms. The normalized spacial score (nSPS) is 13.2. The largest absolute Gasteiger partial charge is 0.296 e. The van der Waals surface area contributed by atoms with E-state index in [1.807, 2.05) is 0 Å². The highest BCUT2D eigenvalue weighted by Gasteiger charge is 2.11. The Morgan fingerprint density at radius 1 is 1.25 bits per heavy atom. The molecule has 1 aromatic carbocycles. The predicted molar refractivity (Wildman–Crippen MR) is 90.9 cm³/mol. The number of nitrogens with zero attached hydrogens (tertiary/aromatic N) is 3. The summed E-state index contributed by atoms with van der Waals surface area (Å²) < 4.78 is 20.5. The summed E-state index contributed by atoms with van der Waals surface area (Å²) in [6.07, 6.45) is 4.22. The first-order chi connectivity index (χ1) is 11.4. The third-order valence-corrected chi connectivity index (χ3v) is 4.62. The van der Waals surface area contributed by atoms with Crippen molar-refractivity contribution in [3.05, 3.63) is 70.6 Å². The monoisotopic (exact) mass is 339 g/mol. The van der Waals surface area contributed by atoms with Gasteiger partial charge in [0, 0.05) is 18.6 Å². The number of hydrogen-bond donors (Lipinski definition) is 2. The molecule has 2 N–H and O–H groups in total. The third-order valence-electron chi connectivity index (χ3n) is 3.48. The second-order valence-electron chi connectivity index (χ2n) is 5.18. The van der Waals surface area contributed by atoms with Gasteiger partial charge in [-0.15, -0.1) is 0 Å². The minimum Gasteiger partial charge on any atom is -0.296 e. The van der Waals surface area contributed by atoms with Crippen molar-refractivity contribution in [2.45, 2.75) is 4.90 Å². The standard InChI is InChI=1S/C16H13N5O2S/c1-18-12-5-3-11(4-6-12)14-10-20-21(16(14)22)15-8-7-13(9-19-15)24(2,17)23/h3-10,17,20H,2H3. The van der Waals surface area contributed by atoms with E-state index in [4.69, 9.17) is 11.4 Å². The van der Waals surface area contributed by atoms with E-state index in [1.165, 1.54) is 29.3 Å². The van der Waals surface area contributed by atoms with Gasteiger partial charge in [-0.25, -0.2) is 23.5 Å². The van der Waals surface area contributed by atoms with Crippen LogP contribution < -0.4 is 5.56 Å². The van der Waals surface area contributed by atoms with E-state index in [-0.39, 0.29) is 5.56 Å². The molecule has 0 bridgehead atoms. The molecule has 1 atom stereocenters. The first-order valence-electron chi connectivity index (χ1n) is 6.89. The fourth-order valence-electron chi connectivity index (χ4n) is 2.20. The Kier molecular flexibility index (Phi) is 3.79. The van der Waals surface area contributed by atoms with Crippen LogP contribution in [0.25, 0.3) is 21.8 Å². The molecule has 0 amide bonds. The highest BCUT2D eigenvalue weighted by atomic mass is 32.2. The fourth-order valence-corrected chi connectivity index (χ4v) is 2.78. The number of pyridine rings is 1. The summed E-state index contributed by atoms with van der Waals surface area (Å²) in [7, 11) is -2.84. The number of H-pyrrole nitrogens is 1. The molecule has 2 aromatic heterocycles. The zero-order chi connectivity index (χ0) is 17.3. The maximum Gasteiger partial charge on any atom is 0.280 e. The van der Waals surface area contributed by atoms with Crippen LogP contribution in [0.3, 0.4) is 0 Å². The molecule has 0 radical (unpaired) electrons. The lowest BCUT2D eigenvalue weighted by Gasteiger charge is -2.03. The van der Waals surface area contributed by atoms with E-state index in [9.17, 15) is 9.00 Å². The van der Waals surface area contributed by atoms with Gasteiger partial charge in [0.15, 0.2) is 11.5 Å². The van der Waals surface area contributed by atoms with Crippen molar-refractivity contribution in [1.82, 2.24) is 14.8 Å². The van der Waals surface area contributed by atoms with Crippen LogP contribution in [-0.4, -0.2) is 25.2 Å². The molecule has 3 rings (SSSR count). The smallest absolute Gasteiger partial charge is 0.280 e. The van der Waals surface area contributed by atoms with Gasteiger partial charge in [0.05, 0.1) is 26.8 Å². The van der Waals surface area contributed by atoms with Crippen molar-refractivity contribution in [1.29, 1.82) is 4.78 Å². The molecule has 2 heterocycles. The van der Waals surface area contributed by atoms with Crippen LogP contribution in [0.4, 0.5) is 5.69 Å². The topological polar surface area (TPSA) is 96.0 Å². The van der Waals surface area contributed by atoms with Crippen LogP contribution in [-0.2, 0) is 9.73 Å². The van der Waals surface area contributed by atoms with Crippen LogP contribution in [0.1, 0.15) is 0 Å².